The van der Waals surface area contributed by atoms with Crippen molar-refractivity contribution in [1.82, 2.24) is 30.2 Å². The Bertz CT molecular complexity index is 1740. The van der Waals surface area contributed by atoms with Crippen molar-refractivity contribution >= 4 is 22.5 Å². The second kappa shape index (κ2) is 12.6. The summed E-state index contributed by atoms with van der Waals surface area (Å²) in [5, 5.41) is 3.67. The number of aryl methyl sites for hydroxylation is 1. The van der Waals surface area contributed by atoms with Gasteiger partial charge in [0.1, 0.15) is 40.5 Å². The summed E-state index contributed by atoms with van der Waals surface area (Å²) < 4.78 is 92.4. The van der Waals surface area contributed by atoms with Gasteiger partial charge in [0, 0.05) is 56.9 Å². The Balaban J connectivity index is 1.31. The molecule has 0 radical (unpaired) electrons. The zero-order valence-corrected chi connectivity index (χ0v) is 27.9. The molecule has 0 aromatic carbocycles. The highest BCUT2D eigenvalue weighted by atomic mass is 19.4. The first kappa shape index (κ1) is 33.8. The number of nitrogens with zero attached hydrogens (tertiary/aromatic N) is 6. The number of hydrogen-bond donors (Lipinski definition) is 2. The third kappa shape index (κ3) is 6.31. The molecule has 6 heterocycles. The lowest BCUT2D eigenvalue weighted by molar-refractivity contribution is -0.137. The number of alkyl halides is 4. The molecule has 5 atom stereocenters. The van der Waals surface area contributed by atoms with E-state index in [1.807, 2.05) is 11.8 Å². The van der Waals surface area contributed by atoms with Crippen LogP contribution in [0.3, 0.4) is 0 Å². The third-order valence-electron chi connectivity index (χ3n) is 10.4. The molecule has 1 aliphatic carbocycles. The van der Waals surface area contributed by atoms with E-state index in [0.717, 1.165) is 32.3 Å². The van der Waals surface area contributed by atoms with Crippen LogP contribution in [0.25, 0.3) is 22.2 Å². The first-order valence-electron chi connectivity index (χ1n) is 16.8. The molecular weight excluding hydrogens is 651 g/mol. The standard InChI is InChI=1S/C33H41F5N8O3/c1-5-18-12-46-21(11-40-18)17(3)49-30-24-28(26(35)27(42-30)19-10-23(39)41-16(2)25(19)33(36,37)38)43-31(44-29(24)46)48-15-32(7-8-32)14-45-9-6-22(47-4)20(34)13-45/h10,17-18,20-22,40H,5-9,11-15H2,1-4H3,(H2,39,41)/t17-,18+,20-,21-,22+/m0/s1. The van der Waals surface area contributed by atoms with Gasteiger partial charge in [0.2, 0.25) is 5.88 Å². The highest BCUT2D eigenvalue weighted by Gasteiger charge is 2.47. The number of aromatic nitrogens is 4. The summed E-state index contributed by atoms with van der Waals surface area (Å²) in [6.45, 7) is 7.89. The minimum Gasteiger partial charge on any atom is -0.472 e. The van der Waals surface area contributed by atoms with Crippen LogP contribution in [-0.4, -0.2) is 102 Å². The molecule has 0 bridgehead atoms. The van der Waals surface area contributed by atoms with E-state index in [1.54, 1.807) is 0 Å². The number of anilines is 2. The molecule has 11 nitrogen and oxygen atoms in total. The van der Waals surface area contributed by atoms with E-state index in [0.29, 0.717) is 38.4 Å². The smallest absolute Gasteiger partial charge is 0.418 e. The summed E-state index contributed by atoms with van der Waals surface area (Å²) >= 11 is 0. The molecule has 0 unspecified atom stereocenters. The zero-order valence-electron chi connectivity index (χ0n) is 27.9. The zero-order chi connectivity index (χ0) is 34.8. The molecule has 0 amide bonds. The Morgan fingerprint density at radius 3 is 2.61 bits per heavy atom. The number of likely N-dealkylation sites (tertiary alicyclic amines) is 1. The minimum absolute atomic E-state index is 0.0806. The Kier molecular flexibility index (Phi) is 8.71. The molecule has 0 spiro atoms. The number of halogens is 5. The van der Waals surface area contributed by atoms with Crippen LogP contribution in [-0.2, 0) is 10.9 Å². The van der Waals surface area contributed by atoms with Gasteiger partial charge in [0.15, 0.2) is 5.82 Å². The van der Waals surface area contributed by atoms with Crippen LogP contribution in [0.2, 0.25) is 0 Å². The number of methoxy groups -OCH3 is 1. The van der Waals surface area contributed by atoms with Gasteiger partial charge < -0.3 is 30.2 Å². The van der Waals surface area contributed by atoms with Gasteiger partial charge in [0.25, 0.3) is 0 Å². The number of ether oxygens (including phenoxy) is 3. The van der Waals surface area contributed by atoms with E-state index in [2.05, 4.69) is 32.1 Å². The van der Waals surface area contributed by atoms with Gasteiger partial charge in [-0.15, -0.1) is 0 Å². The fourth-order valence-corrected chi connectivity index (χ4v) is 7.48. The lowest BCUT2D eigenvalue weighted by Crippen LogP contribution is -2.60. The normalized spacial score (nSPS) is 26.6. The molecule has 3 aromatic rings. The third-order valence-corrected chi connectivity index (χ3v) is 10.4. The average molecular weight is 693 g/mol. The number of nitrogens with one attached hydrogen (secondary N) is 1. The molecule has 3 fully saturated rings. The molecule has 7 rings (SSSR count). The van der Waals surface area contributed by atoms with E-state index in [1.165, 1.54) is 7.11 Å². The highest BCUT2D eigenvalue weighted by Crippen LogP contribution is 2.48. The number of nitrogens with two attached hydrogens (primary N) is 1. The van der Waals surface area contributed by atoms with Crippen molar-refractivity contribution < 1.29 is 36.2 Å². The van der Waals surface area contributed by atoms with E-state index < -0.39 is 52.9 Å². The van der Waals surface area contributed by atoms with Crippen molar-refractivity contribution in [3.8, 4) is 23.1 Å². The fourth-order valence-electron chi connectivity index (χ4n) is 7.48. The van der Waals surface area contributed by atoms with Crippen LogP contribution in [0, 0.1) is 18.2 Å². The predicted molar refractivity (Wildman–Crippen MR) is 172 cm³/mol. The van der Waals surface area contributed by atoms with Crippen LogP contribution in [0.1, 0.15) is 50.8 Å². The molecule has 49 heavy (non-hydrogen) atoms. The van der Waals surface area contributed by atoms with Crippen molar-refractivity contribution in [2.45, 2.75) is 83.1 Å². The van der Waals surface area contributed by atoms with Crippen LogP contribution < -0.4 is 25.4 Å². The van der Waals surface area contributed by atoms with E-state index >= 15 is 4.39 Å². The number of rotatable bonds is 8. The monoisotopic (exact) mass is 692 g/mol. The quantitative estimate of drug-likeness (QED) is 0.320. The number of piperidine rings is 1. The van der Waals surface area contributed by atoms with Crippen molar-refractivity contribution in [2.24, 2.45) is 5.41 Å². The van der Waals surface area contributed by atoms with E-state index in [9.17, 15) is 17.6 Å². The van der Waals surface area contributed by atoms with E-state index in [-0.39, 0.29) is 59.3 Å². The van der Waals surface area contributed by atoms with Crippen molar-refractivity contribution in [3.63, 3.8) is 0 Å². The number of pyridine rings is 2. The molecule has 3 N–H and O–H groups in total. The molecule has 3 aromatic heterocycles. The number of hydrogen-bond acceptors (Lipinski definition) is 11. The maximum Gasteiger partial charge on any atom is 0.418 e. The van der Waals surface area contributed by atoms with Crippen LogP contribution in [0.5, 0.6) is 11.9 Å². The highest BCUT2D eigenvalue weighted by molar-refractivity contribution is 5.97. The van der Waals surface area contributed by atoms with Crippen molar-refractivity contribution in [2.75, 3.05) is 57.1 Å². The Hall–Kier alpha value is -3.63. The Morgan fingerprint density at radius 2 is 1.94 bits per heavy atom. The molecule has 266 valence electrons. The van der Waals surface area contributed by atoms with Gasteiger partial charge >= 0.3 is 12.2 Å². The summed E-state index contributed by atoms with van der Waals surface area (Å²) in [5.74, 6) is -1.04. The predicted octanol–water partition coefficient (Wildman–Crippen LogP) is 4.69. The topological polar surface area (TPSA) is 124 Å². The Labute approximate surface area is 280 Å². The van der Waals surface area contributed by atoms with Gasteiger partial charge in [0.05, 0.1) is 30.0 Å². The van der Waals surface area contributed by atoms with Gasteiger partial charge in [-0.1, -0.05) is 6.92 Å². The average Bonchev–Trinajstić information content (AvgIpc) is 3.83. The summed E-state index contributed by atoms with van der Waals surface area (Å²) in [5.41, 5.74) is 2.61. The molecule has 2 saturated heterocycles. The van der Waals surface area contributed by atoms with Crippen molar-refractivity contribution in [3.05, 3.63) is 23.1 Å². The summed E-state index contributed by atoms with van der Waals surface area (Å²) in [4.78, 5) is 21.5. The SMILES string of the molecule is CC[C@@H]1CN2c3nc(OCC4(CN5CC[C@@H](OC)[C@@H](F)C5)CC4)nc4c(F)c(-c5cc(N)nc(C)c5C(F)(F)F)nc(c34)O[C@@H](C)[C@@H]2CN1. The first-order chi connectivity index (χ1) is 23.3. The Morgan fingerprint density at radius 1 is 1.16 bits per heavy atom. The molecule has 3 aliphatic heterocycles. The van der Waals surface area contributed by atoms with Crippen LogP contribution >= 0.6 is 0 Å². The number of fused-ring (bicyclic) bond motifs is 2. The molecule has 16 heteroatoms. The lowest BCUT2D eigenvalue weighted by Gasteiger charge is -2.42. The van der Waals surface area contributed by atoms with Gasteiger partial charge in [-0.3, -0.25) is 4.90 Å². The molecular formula is C33H41F5N8O3. The molecule has 4 aliphatic rings. The maximum atomic E-state index is 16.8. The minimum atomic E-state index is -4.88. The van der Waals surface area contributed by atoms with Crippen LogP contribution in [0.4, 0.5) is 33.6 Å². The van der Waals surface area contributed by atoms with Crippen LogP contribution in [0.15, 0.2) is 6.07 Å². The molecule has 1 saturated carbocycles. The fraction of sp³-hybridized carbons (Fsp3) is 0.636. The summed E-state index contributed by atoms with van der Waals surface area (Å²) in [6.07, 6.45) is -3.76. The lowest BCUT2D eigenvalue weighted by atomic mass is 10.0. The summed E-state index contributed by atoms with van der Waals surface area (Å²) in [6, 6.07) is 0.702. The van der Waals surface area contributed by atoms with Gasteiger partial charge in [-0.2, -0.15) is 23.1 Å². The first-order valence-corrected chi connectivity index (χ1v) is 16.8. The maximum absolute atomic E-state index is 16.8. The van der Waals surface area contributed by atoms with Gasteiger partial charge in [-0.25, -0.2) is 18.7 Å². The largest absolute Gasteiger partial charge is 0.472 e. The van der Waals surface area contributed by atoms with E-state index in [4.69, 9.17) is 24.9 Å². The number of nitrogen functional groups attached to an aromatic ring is 1. The summed E-state index contributed by atoms with van der Waals surface area (Å²) in [7, 11) is 1.52. The second-order valence-corrected chi connectivity index (χ2v) is 13.8. The number of piperazine rings is 1. The van der Waals surface area contributed by atoms with Gasteiger partial charge in [-0.05, 0) is 45.6 Å². The second-order valence-electron chi connectivity index (χ2n) is 13.8. The van der Waals surface area contributed by atoms with Crippen molar-refractivity contribution in [1.29, 1.82) is 0 Å².